The molecule has 1 rings (SSSR count). The number of halogens is 1. The molecule has 0 aliphatic rings. The van der Waals surface area contributed by atoms with Gasteiger partial charge in [-0.05, 0) is 30.7 Å². The maximum atomic E-state index is 12.8. The lowest BCUT2D eigenvalue weighted by molar-refractivity contribution is -0.148. The van der Waals surface area contributed by atoms with Gasteiger partial charge in [0.2, 0.25) is 0 Å². The number of hydrogen-bond acceptors (Lipinski definition) is 3. The number of hydrogen-bond donors (Lipinski definition) is 1. The van der Waals surface area contributed by atoms with Gasteiger partial charge >= 0.3 is 5.97 Å². The zero-order valence-electron chi connectivity index (χ0n) is 9.22. The van der Waals surface area contributed by atoms with Crippen molar-refractivity contribution in [3.8, 4) is 0 Å². The molecule has 90 valence electrons. The monoisotopic (exact) mass is 237 g/mol. The zero-order chi connectivity index (χ0) is 12.8. The van der Waals surface area contributed by atoms with E-state index in [1.54, 1.807) is 6.07 Å². The fraction of sp³-hybridized carbons (Fsp3) is 0.167. The fourth-order valence-electron chi connectivity index (χ4n) is 1.05. The highest BCUT2D eigenvalue weighted by atomic mass is 19.1. The van der Waals surface area contributed by atoms with Gasteiger partial charge in [0.05, 0.1) is 0 Å². The first kappa shape index (κ1) is 12.9. The van der Waals surface area contributed by atoms with Gasteiger partial charge in [-0.15, -0.1) is 0 Å². The first-order valence-corrected chi connectivity index (χ1v) is 4.92. The van der Waals surface area contributed by atoms with Crippen molar-refractivity contribution in [1.82, 2.24) is 0 Å². The minimum absolute atomic E-state index is 0.397. The summed E-state index contributed by atoms with van der Waals surface area (Å²) in [7, 11) is 0. The summed E-state index contributed by atoms with van der Waals surface area (Å²) in [6.07, 6.45) is 1.51. The summed E-state index contributed by atoms with van der Waals surface area (Å²) in [5.74, 6) is -1.83. The van der Waals surface area contributed by atoms with Crippen LogP contribution in [0.2, 0.25) is 0 Å². The molecule has 0 unspecified atom stereocenters. The Morgan fingerprint density at radius 1 is 1.47 bits per heavy atom. The second-order valence-corrected chi connectivity index (χ2v) is 3.37. The molecule has 0 spiro atoms. The van der Waals surface area contributed by atoms with Crippen LogP contribution < -0.4 is 5.73 Å². The van der Waals surface area contributed by atoms with Crippen LogP contribution in [0.4, 0.5) is 4.39 Å². The lowest BCUT2D eigenvalue weighted by atomic mass is 10.2. The molecular weight excluding hydrogens is 225 g/mol. The predicted molar refractivity (Wildman–Crippen MR) is 60.2 cm³/mol. The van der Waals surface area contributed by atoms with Crippen LogP contribution in [0, 0.1) is 5.82 Å². The second-order valence-electron chi connectivity index (χ2n) is 3.37. The van der Waals surface area contributed by atoms with Crippen molar-refractivity contribution in [3.63, 3.8) is 0 Å². The van der Waals surface area contributed by atoms with Crippen molar-refractivity contribution >= 4 is 18.0 Å². The van der Waals surface area contributed by atoms with E-state index < -0.39 is 23.8 Å². The van der Waals surface area contributed by atoms with Crippen LogP contribution in [0.1, 0.15) is 12.5 Å². The summed E-state index contributed by atoms with van der Waals surface area (Å²) in [4.78, 5) is 21.8. The van der Waals surface area contributed by atoms with Gasteiger partial charge in [-0.25, -0.2) is 9.18 Å². The number of benzene rings is 1. The maximum absolute atomic E-state index is 12.8. The molecule has 0 fully saturated rings. The average molecular weight is 237 g/mol. The molecule has 1 aromatic carbocycles. The summed E-state index contributed by atoms with van der Waals surface area (Å²) < 4.78 is 17.5. The fourth-order valence-corrected chi connectivity index (χ4v) is 1.05. The number of esters is 1. The van der Waals surface area contributed by atoms with E-state index in [0.29, 0.717) is 5.56 Å². The van der Waals surface area contributed by atoms with E-state index in [4.69, 9.17) is 5.73 Å². The molecule has 0 saturated carbocycles. The van der Waals surface area contributed by atoms with Crippen molar-refractivity contribution in [3.05, 3.63) is 41.7 Å². The Bertz CT molecular complexity index is 457. The Labute approximate surface area is 97.9 Å². The van der Waals surface area contributed by atoms with Crippen molar-refractivity contribution in [2.45, 2.75) is 13.0 Å². The lowest BCUT2D eigenvalue weighted by Crippen LogP contribution is -2.29. The van der Waals surface area contributed by atoms with Gasteiger partial charge in [0.15, 0.2) is 6.10 Å². The number of nitrogens with two attached hydrogens (primary N) is 1. The van der Waals surface area contributed by atoms with E-state index in [0.717, 1.165) is 6.08 Å². The summed E-state index contributed by atoms with van der Waals surface area (Å²) in [5.41, 5.74) is 5.44. The van der Waals surface area contributed by atoms with Crippen LogP contribution >= 0.6 is 0 Å². The van der Waals surface area contributed by atoms with Crippen LogP contribution in [0.5, 0.6) is 0 Å². The maximum Gasteiger partial charge on any atom is 0.331 e. The molecule has 1 atom stereocenters. The molecule has 0 saturated heterocycles. The molecule has 0 radical (unpaired) electrons. The minimum Gasteiger partial charge on any atom is -0.449 e. The number of primary amides is 1. The molecular formula is C12H12FNO3. The first-order chi connectivity index (χ1) is 7.99. The van der Waals surface area contributed by atoms with E-state index in [1.807, 2.05) is 0 Å². The van der Waals surface area contributed by atoms with Gasteiger partial charge in [-0.1, -0.05) is 12.1 Å². The van der Waals surface area contributed by atoms with Crippen molar-refractivity contribution in [2.75, 3.05) is 0 Å². The summed E-state index contributed by atoms with van der Waals surface area (Å²) in [6.45, 7) is 1.37. The van der Waals surface area contributed by atoms with Gasteiger partial charge in [-0.2, -0.15) is 0 Å². The first-order valence-electron chi connectivity index (χ1n) is 4.92. The Kier molecular flexibility index (Phi) is 4.39. The number of rotatable bonds is 4. The van der Waals surface area contributed by atoms with Crippen LogP contribution in [-0.4, -0.2) is 18.0 Å². The van der Waals surface area contributed by atoms with Gasteiger partial charge < -0.3 is 10.5 Å². The Balaban J connectivity index is 2.59. The summed E-state index contributed by atoms with van der Waals surface area (Å²) in [5, 5.41) is 0. The summed E-state index contributed by atoms with van der Waals surface area (Å²) in [6, 6.07) is 5.71. The molecule has 0 aliphatic heterocycles. The highest BCUT2D eigenvalue weighted by Gasteiger charge is 2.11. The largest absolute Gasteiger partial charge is 0.449 e. The Hall–Kier alpha value is -2.17. The van der Waals surface area contributed by atoms with Crippen LogP contribution in [0.25, 0.3) is 6.08 Å². The molecule has 0 heterocycles. The predicted octanol–water partition coefficient (Wildman–Crippen LogP) is 1.26. The molecule has 1 amide bonds. The number of carbonyl (C=O) groups is 2. The molecule has 0 aromatic heterocycles. The average Bonchev–Trinajstić information content (AvgIpc) is 2.26. The topological polar surface area (TPSA) is 69.4 Å². The van der Waals surface area contributed by atoms with E-state index in [-0.39, 0.29) is 0 Å². The van der Waals surface area contributed by atoms with E-state index in [1.165, 1.54) is 31.2 Å². The van der Waals surface area contributed by atoms with Crippen molar-refractivity contribution in [2.24, 2.45) is 5.73 Å². The highest BCUT2D eigenvalue weighted by Crippen LogP contribution is 2.05. The molecule has 2 N–H and O–H groups in total. The standard InChI is InChI=1S/C12H12FNO3/c1-8(12(14)16)17-11(15)6-5-9-3-2-4-10(13)7-9/h2-8H,1H3,(H2,14,16)/b6-5+/t8-/m1/s1. The third-order valence-electron chi connectivity index (χ3n) is 1.95. The molecule has 17 heavy (non-hydrogen) atoms. The van der Waals surface area contributed by atoms with E-state index in [2.05, 4.69) is 4.74 Å². The lowest BCUT2D eigenvalue weighted by Gasteiger charge is -2.06. The minimum atomic E-state index is -0.986. The molecule has 4 nitrogen and oxygen atoms in total. The molecule has 0 aliphatic carbocycles. The third-order valence-corrected chi connectivity index (χ3v) is 1.95. The SMILES string of the molecule is C[C@@H](OC(=O)/C=C/c1cccc(F)c1)C(N)=O. The van der Waals surface area contributed by atoms with Crippen molar-refractivity contribution in [1.29, 1.82) is 0 Å². The molecule has 5 heteroatoms. The Morgan fingerprint density at radius 3 is 2.76 bits per heavy atom. The van der Waals surface area contributed by atoms with Gasteiger partial charge in [-0.3, -0.25) is 4.79 Å². The van der Waals surface area contributed by atoms with Crippen LogP contribution in [0.3, 0.4) is 0 Å². The number of amides is 1. The quantitative estimate of drug-likeness (QED) is 0.633. The third kappa shape index (κ3) is 4.46. The van der Waals surface area contributed by atoms with E-state index in [9.17, 15) is 14.0 Å². The normalized spacial score (nSPS) is 12.4. The molecule has 0 bridgehead atoms. The highest BCUT2D eigenvalue weighted by molar-refractivity contribution is 5.89. The van der Waals surface area contributed by atoms with Gasteiger partial charge in [0.25, 0.3) is 5.91 Å². The van der Waals surface area contributed by atoms with Crippen LogP contribution in [-0.2, 0) is 14.3 Å². The van der Waals surface area contributed by atoms with Gasteiger partial charge in [0, 0.05) is 6.08 Å². The molecule has 1 aromatic rings. The smallest absolute Gasteiger partial charge is 0.331 e. The van der Waals surface area contributed by atoms with Crippen LogP contribution in [0.15, 0.2) is 30.3 Å². The second kappa shape index (κ2) is 5.79. The number of ether oxygens (including phenoxy) is 1. The summed E-state index contributed by atoms with van der Waals surface area (Å²) >= 11 is 0. The Morgan fingerprint density at radius 2 is 2.18 bits per heavy atom. The van der Waals surface area contributed by atoms with Crippen molar-refractivity contribution < 1.29 is 18.7 Å². The zero-order valence-corrected chi connectivity index (χ0v) is 9.22. The van der Waals surface area contributed by atoms with Gasteiger partial charge in [0.1, 0.15) is 5.82 Å². The van der Waals surface area contributed by atoms with E-state index >= 15 is 0 Å². The number of carbonyl (C=O) groups excluding carboxylic acids is 2.